The van der Waals surface area contributed by atoms with Gasteiger partial charge in [-0.3, -0.25) is 10.2 Å². The zero-order chi connectivity index (χ0) is 14.1. The number of benzene rings is 1. The van der Waals surface area contributed by atoms with Gasteiger partial charge < -0.3 is 5.11 Å². The van der Waals surface area contributed by atoms with Gasteiger partial charge in [0.15, 0.2) is 5.13 Å². The second-order valence-electron chi connectivity index (χ2n) is 4.32. The molecule has 1 aromatic heterocycles. The van der Waals surface area contributed by atoms with E-state index in [0.29, 0.717) is 17.2 Å². The van der Waals surface area contributed by atoms with Crippen LogP contribution in [0.1, 0.15) is 5.56 Å². The Labute approximate surface area is 118 Å². The molecule has 2 N–H and O–H groups in total. The molecule has 1 aliphatic rings. The third kappa shape index (κ3) is 2.12. The van der Waals surface area contributed by atoms with Crippen LogP contribution in [0, 0.1) is 0 Å². The molecule has 2 heterocycles. The van der Waals surface area contributed by atoms with Crippen molar-refractivity contribution in [2.75, 3.05) is 10.2 Å². The molecule has 1 aliphatic heterocycles. The number of amides is 2. The molecule has 7 heteroatoms. The number of aromatic nitrogens is 1. The number of carboxylic acids is 1. The summed E-state index contributed by atoms with van der Waals surface area (Å²) in [7, 11) is 0. The Morgan fingerprint density at radius 2 is 2.20 bits per heavy atom. The molecule has 102 valence electrons. The first-order valence-corrected chi connectivity index (χ1v) is 6.85. The lowest BCUT2D eigenvalue weighted by atomic mass is 10.1. The number of hydrogen-bond acceptors (Lipinski definition) is 4. The maximum Gasteiger partial charge on any atom is 0.328 e. The molecule has 3 rings (SSSR count). The molecular formula is C13H11N3O3S. The van der Waals surface area contributed by atoms with E-state index >= 15 is 0 Å². The van der Waals surface area contributed by atoms with Crippen molar-refractivity contribution in [2.24, 2.45) is 0 Å². The lowest BCUT2D eigenvalue weighted by Gasteiger charge is -2.22. The summed E-state index contributed by atoms with van der Waals surface area (Å²) >= 11 is 1.28. The summed E-state index contributed by atoms with van der Waals surface area (Å²) in [5.74, 6) is -1.02. The second-order valence-corrected chi connectivity index (χ2v) is 5.22. The van der Waals surface area contributed by atoms with Crippen LogP contribution in [0.4, 0.5) is 15.6 Å². The van der Waals surface area contributed by atoms with Crippen molar-refractivity contribution in [1.82, 2.24) is 4.98 Å². The Bertz CT molecular complexity index is 657. The van der Waals surface area contributed by atoms with Crippen LogP contribution >= 0.6 is 11.3 Å². The van der Waals surface area contributed by atoms with Crippen LogP contribution in [-0.2, 0) is 11.2 Å². The van der Waals surface area contributed by atoms with Crippen molar-refractivity contribution in [1.29, 1.82) is 0 Å². The molecule has 0 aliphatic carbocycles. The smallest absolute Gasteiger partial charge is 0.328 e. The molecule has 0 saturated heterocycles. The third-order valence-electron chi connectivity index (χ3n) is 3.13. The number of carbonyl (C=O) groups excluding carboxylic acids is 1. The number of fused-ring (bicyclic) bond motifs is 1. The van der Waals surface area contributed by atoms with Crippen molar-refractivity contribution in [3.05, 3.63) is 41.4 Å². The Kier molecular flexibility index (Phi) is 3.11. The second kappa shape index (κ2) is 4.93. The highest BCUT2D eigenvalue weighted by atomic mass is 32.1. The van der Waals surface area contributed by atoms with Gasteiger partial charge in [-0.05, 0) is 11.6 Å². The van der Waals surface area contributed by atoms with Crippen LogP contribution in [0.15, 0.2) is 35.8 Å². The van der Waals surface area contributed by atoms with Gasteiger partial charge in [0.25, 0.3) is 0 Å². The van der Waals surface area contributed by atoms with E-state index in [1.165, 1.54) is 16.2 Å². The quantitative estimate of drug-likeness (QED) is 0.887. The number of nitrogens with one attached hydrogen (secondary N) is 1. The number of carboxylic acid groups (broad SMARTS) is 1. The summed E-state index contributed by atoms with van der Waals surface area (Å²) in [6, 6.07) is 5.85. The lowest BCUT2D eigenvalue weighted by Crippen LogP contribution is -2.45. The van der Waals surface area contributed by atoms with Gasteiger partial charge in [0.05, 0.1) is 0 Å². The molecule has 1 atom stereocenters. The summed E-state index contributed by atoms with van der Waals surface area (Å²) < 4.78 is 0. The van der Waals surface area contributed by atoms with Gasteiger partial charge in [-0.2, -0.15) is 0 Å². The monoisotopic (exact) mass is 289 g/mol. The summed E-state index contributed by atoms with van der Waals surface area (Å²) in [6.07, 6.45) is 1.89. The van der Waals surface area contributed by atoms with Crippen LogP contribution in [0.3, 0.4) is 0 Å². The standard InChI is InChI=1S/C13H11N3O3S/c17-11(18)10-7-8-3-1-2-4-9(8)16(10)13(19)15-12-14-5-6-20-12/h1-6,10H,7H2,(H,17,18)(H,14,15,19)/t10-/m0/s1. The molecule has 0 fully saturated rings. The summed E-state index contributed by atoms with van der Waals surface area (Å²) in [4.78, 5) is 28.9. The largest absolute Gasteiger partial charge is 0.480 e. The van der Waals surface area contributed by atoms with Crippen molar-refractivity contribution < 1.29 is 14.7 Å². The van der Waals surface area contributed by atoms with Crippen LogP contribution in [0.25, 0.3) is 0 Å². The van der Waals surface area contributed by atoms with Gasteiger partial charge in [-0.1, -0.05) is 18.2 Å². The number of carbonyl (C=O) groups is 2. The molecule has 0 bridgehead atoms. The first-order chi connectivity index (χ1) is 9.66. The van der Waals surface area contributed by atoms with Crippen LogP contribution in [0.5, 0.6) is 0 Å². The average molecular weight is 289 g/mol. The zero-order valence-corrected chi connectivity index (χ0v) is 11.1. The van der Waals surface area contributed by atoms with Crippen molar-refractivity contribution in [3.8, 4) is 0 Å². The number of anilines is 2. The maximum atomic E-state index is 12.3. The number of rotatable bonds is 2. The van der Waals surface area contributed by atoms with Crippen molar-refractivity contribution in [2.45, 2.75) is 12.5 Å². The average Bonchev–Trinajstić information content (AvgIpc) is 3.04. The number of aliphatic carboxylic acids is 1. The molecule has 0 saturated carbocycles. The fraction of sp³-hybridized carbons (Fsp3) is 0.154. The minimum absolute atomic E-state index is 0.316. The Morgan fingerprint density at radius 1 is 1.40 bits per heavy atom. The van der Waals surface area contributed by atoms with E-state index in [1.807, 2.05) is 12.1 Å². The summed E-state index contributed by atoms with van der Waals surface area (Å²) in [6.45, 7) is 0. The highest BCUT2D eigenvalue weighted by Gasteiger charge is 2.38. The van der Waals surface area contributed by atoms with Gasteiger partial charge in [-0.15, -0.1) is 11.3 Å². The minimum atomic E-state index is -1.02. The summed E-state index contributed by atoms with van der Waals surface area (Å²) in [5.41, 5.74) is 1.49. The van der Waals surface area contributed by atoms with E-state index < -0.39 is 18.0 Å². The Hall–Kier alpha value is -2.41. The lowest BCUT2D eigenvalue weighted by molar-refractivity contribution is -0.138. The topological polar surface area (TPSA) is 82.5 Å². The Balaban J connectivity index is 1.92. The first kappa shape index (κ1) is 12.6. The van der Waals surface area contributed by atoms with Crippen molar-refractivity contribution >= 4 is 34.2 Å². The predicted molar refractivity (Wildman–Crippen MR) is 75.2 cm³/mol. The minimum Gasteiger partial charge on any atom is -0.480 e. The molecule has 1 aromatic carbocycles. The van der Waals surface area contributed by atoms with E-state index in [1.54, 1.807) is 23.7 Å². The fourth-order valence-corrected chi connectivity index (χ4v) is 2.79. The summed E-state index contributed by atoms with van der Waals surface area (Å²) in [5, 5.41) is 14.1. The molecular weight excluding hydrogens is 278 g/mol. The van der Waals surface area contributed by atoms with Gasteiger partial charge in [0.2, 0.25) is 0 Å². The number of urea groups is 1. The molecule has 2 amide bonds. The van der Waals surface area contributed by atoms with Gasteiger partial charge in [-0.25, -0.2) is 14.6 Å². The number of nitrogens with zero attached hydrogens (tertiary/aromatic N) is 2. The molecule has 20 heavy (non-hydrogen) atoms. The number of hydrogen-bond donors (Lipinski definition) is 2. The van der Waals surface area contributed by atoms with Gasteiger partial charge >= 0.3 is 12.0 Å². The first-order valence-electron chi connectivity index (χ1n) is 5.97. The van der Waals surface area contributed by atoms with E-state index in [2.05, 4.69) is 10.3 Å². The van der Waals surface area contributed by atoms with Crippen LogP contribution in [0.2, 0.25) is 0 Å². The predicted octanol–water partition coefficient (Wildman–Crippen LogP) is 2.19. The maximum absolute atomic E-state index is 12.3. The van der Waals surface area contributed by atoms with E-state index in [0.717, 1.165) is 5.56 Å². The van der Waals surface area contributed by atoms with Gasteiger partial charge in [0, 0.05) is 23.7 Å². The fourth-order valence-electron chi connectivity index (χ4n) is 2.27. The highest BCUT2D eigenvalue weighted by molar-refractivity contribution is 7.13. The van der Waals surface area contributed by atoms with E-state index in [-0.39, 0.29) is 0 Å². The van der Waals surface area contributed by atoms with Gasteiger partial charge in [0.1, 0.15) is 6.04 Å². The molecule has 0 spiro atoms. The third-order valence-corrected chi connectivity index (χ3v) is 3.81. The highest BCUT2D eigenvalue weighted by Crippen LogP contribution is 2.32. The molecule has 6 nitrogen and oxygen atoms in total. The zero-order valence-electron chi connectivity index (χ0n) is 10.3. The van der Waals surface area contributed by atoms with E-state index in [4.69, 9.17) is 0 Å². The van der Waals surface area contributed by atoms with Crippen LogP contribution in [-0.4, -0.2) is 28.1 Å². The van der Waals surface area contributed by atoms with E-state index in [9.17, 15) is 14.7 Å². The Morgan fingerprint density at radius 3 is 2.90 bits per heavy atom. The normalized spacial score (nSPS) is 16.8. The molecule has 2 aromatic rings. The SMILES string of the molecule is O=C(O)[C@@H]1Cc2ccccc2N1C(=O)Nc1nccs1. The van der Waals surface area contributed by atoms with Crippen molar-refractivity contribution in [3.63, 3.8) is 0 Å². The van der Waals surface area contributed by atoms with Crippen LogP contribution < -0.4 is 10.2 Å². The number of thiazole rings is 1. The molecule has 0 radical (unpaired) electrons. The molecule has 0 unspecified atom stereocenters. The number of para-hydroxylation sites is 1.